The van der Waals surface area contributed by atoms with E-state index in [2.05, 4.69) is 24.7 Å². The van der Waals surface area contributed by atoms with Gasteiger partial charge in [0.2, 0.25) is 0 Å². The number of terminal acetylenes is 1. The van der Waals surface area contributed by atoms with Crippen LogP contribution in [0.4, 0.5) is 0 Å². The molecule has 0 aromatic heterocycles. The van der Waals surface area contributed by atoms with Crippen molar-refractivity contribution in [3.8, 4) is 24.2 Å². The summed E-state index contributed by atoms with van der Waals surface area (Å²) >= 11 is 0. The van der Waals surface area contributed by atoms with E-state index < -0.39 is 17.7 Å². The average Bonchev–Trinajstić information content (AvgIpc) is 2.59. The summed E-state index contributed by atoms with van der Waals surface area (Å²) in [6, 6.07) is 9.10. The fourth-order valence-corrected chi connectivity index (χ4v) is 2.31. The van der Waals surface area contributed by atoms with E-state index in [0.29, 0.717) is 12.0 Å². The van der Waals surface area contributed by atoms with Crippen molar-refractivity contribution in [1.82, 2.24) is 0 Å². The molecule has 3 nitrogen and oxygen atoms in total. The molecular weight excluding hydrogens is 288 g/mol. The molecule has 1 rings (SSSR count). The molecule has 0 aliphatic rings. The molecule has 0 fully saturated rings. The quantitative estimate of drug-likeness (QED) is 0.417. The minimum Gasteiger partial charge on any atom is -0.446 e. The summed E-state index contributed by atoms with van der Waals surface area (Å²) < 4.78 is 11.0. The van der Waals surface area contributed by atoms with Crippen molar-refractivity contribution < 1.29 is 14.3 Å². The molecule has 0 unspecified atom stereocenters. The molecule has 1 aromatic rings. The van der Waals surface area contributed by atoms with Gasteiger partial charge >= 0.3 is 5.97 Å². The Labute approximate surface area is 139 Å². The average molecular weight is 312 g/mol. The maximum absolute atomic E-state index is 12.7. The van der Waals surface area contributed by atoms with Crippen LogP contribution in [0.15, 0.2) is 30.3 Å². The number of methoxy groups -OCH3 is 1. The van der Waals surface area contributed by atoms with Crippen LogP contribution in [0.1, 0.15) is 45.1 Å². The molecule has 0 aliphatic heterocycles. The summed E-state index contributed by atoms with van der Waals surface area (Å²) in [6.45, 7) is 3.77. The summed E-state index contributed by atoms with van der Waals surface area (Å²) in [5, 5.41) is 0. The fraction of sp³-hybridized carbons (Fsp3) is 0.450. The monoisotopic (exact) mass is 312 g/mol. The molecule has 1 aromatic carbocycles. The molecule has 0 spiro atoms. The van der Waals surface area contributed by atoms with Crippen molar-refractivity contribution in [3.05, 3.63) is 35.9 Å². The second-order valence-corrected chi connectivity index (χ2v) is 5.18. The lowest BCUT2D eigenvalue weighted by atomic mass is 9.94. The Hall–Kier alpha value is -2.23. The number of unbranched alkanes of at least 4 members (excludes halogenated alkanes) is 2. The Morgan fingerprint density at radius 2 is 2.00 bits per heavy atom. The highest BCUT2D eigenvalue weighted by Gasteiger charge is 2.41. The van der Waals surface area contributed by atoms with Gasteiger partial charge in [-0.1, -0.05) is 61.9 Å². The SMILES string of the molecule is C#C[C@H](CCCCC)OC(=O)[C@](C#CC)(OC)c1ccccc1. The number of hydrogen-bond acceptors (Lipinski definition) is 3. The third-order valence-electron chi connectivity index (χ3n) is 3.58. The van der Waals surface area contributed by atoms with E-state index in [0.717, 1.165) is 19.3 Å². The number of carbonyl (C=O) groups excluding carboxylic acids is 1. The van der Waals surface area contributed by atoms with Crippen LogP contribution in [0.25, 0.3) is 0 Å². The number of benzene rings is 1. The standard InChI is InChI=1S/C20H24O3/c1-5-8-10-15-18(7-3)23-19(21)20(22-4,16-6-2)17-13-11-9-12-14-17/h3,9,11-14,18H,5,8,10,15H2,1-2,4H3/t18-,20-/m1/s1. The smallest absolute Gasteiger partial charge is 0.357 e. The number of hydrogen-bond donors (Lipinski definition) is 0. The van der Waals surface area contributed by atoms with E-state index in [1.807, 2.05) is 18.2 Å². The third-order valence-corrected chi connectivity index (χ3v) is 3.58. The van der Waals surface area contributed by atoms with Crippen LogP contribution in [0, 0.1) is 24.2 Å². The summed E-state index contributed by atoms with van der Waals surface area (Å²) in [5.41, 5.74) is -0.818. The van der Waals surface area contributed by atoms with Crippen molar-refractivity contribution in [1.29, 1.82) is 0 Å². The maximum atomic E-state index is 12.7. The molecule has 122 valence electrons. The summed E-state index contributed by atoms with van der Waals surface area (Å²) in [4.78, 5) is 12.7. The first-order chi connectivity index (χ1) is 11.1. The molecule has 23 heavy (non-hydrogen) atoms. The van der Waals surface area contributed by atoms with Gasteiger partial charge in [0.05, 0.1) is 0 Å². The largest absolute Gasteiger partial charge is 0.446 e. The summed E-state index contributed by atoms with van der Waals surface area (Å²) in [7, 11) is 1.45. The zero-order valence-corrected chi connectivity index (χ0v) is 14.1. The molecule has 0 amide bonds. The molecule has 0 N–H and O–H groups in total. The lowest BCUT2D eigenvalue weighted by Crippen LogP contribution is -2.40. The highest BCUT2D eigenvalue weighted by Crippen LogP contribution is 2.27. The number of ether oxygens (including phenoxy) is 2. The fourth-order valence-electron chi connectivity index (χ4n) is 2.31. The first-order valence-corrected chi connectivity index (χ1v) is 7.86. The van der Waals surface area contributed by atoms with Crippen molar-refractivity contribution >= 4 is 5.97 Å². The summed E-state index contributed by atoms with van der Waals surface area (Å²) in [5.74, 6) is 7.56. The van der Waals surface area contributed by atoms with Gasteiger partial charge in [0.15, 0.2) is 6.10 Å². The molecule has 0 bridgehead atoms. The van der Waals surface area contributed by atoms with Gasteiger partial charge in [-0.25, -0.2) is 4.79 Å². The zero-order valence-electron chi connectivity index (χ0n) is 14.1. The van der Waals surface area contributed by atoms with Crippen LogP contribution in [0.5, 0.6) is 0 Å². The topological polar surface area (TPSA) is 35.5 Å². The van der Waals surface area contributed by atoms with Crippen LogP contribution in [-0.2, 0) is 19.9 Å². The first kappa shape index (κ1) is 18.8. The third kappa shape index (κ3) is 4.88. The molecule has 3 heteroatoms. The van der Waals surface area contributed by atoms with E-state index in [1.54, 1.807) is 19.1 Å². The van der Waals surface area contributed by atoms with E-state index in [1.165, 1.54) is 7.11 Å². The summed E-state index contributed by atoms with van der Waals surface area (Å²) in [6.07, 6.45) is 8.63. The lowest BCUT2D eigenvalue weighted by molar-refractivity contribution is -0.166. The predicted octanol–water partition coefficient (Wildman–Crippen LogP) is 3.68. The molecule has 0 saturated heterocycles. The Morgan fingerprint density at radius 1 is 1.30 bits per heavy atom. The number of rotatable bonds is 8. The van der Waals surface area contributed by atoms with Gasteiger partial charge in [0, 0.05) is 12.7 Å². The molecule has 2 atom stereocenters. The maximum Gasteiger partial charge on any atom is 0.357 e. The Bertz CT molecular complexity index is 589. The van der Waals surface area contributed by atoms with Gasteiger partial charge in [-0.2, -0.15) is 0 Å². The Morgan fingerprint density at radius 3 is 2.52 bits per heavy atom. The molecule has 0 radical (unpaired) electrons. The second-order valence-electron chi connectivity index (χ2n) is 5.18. The molecule has 0 saturated carbocycles. The number of carbonyl (C=O) groups is 1. The van der Waals surface area contributed by atoms with Crippen LogP contribution in [0.3, 0.4) is 0 Å². The van der Waals surface area contributed by atoms with Gasteiger partial charge in [-0.15, -0.1) is 12.3 Å². The van der Waals surface area contributed by atoms with Gasteiger partial charge in [0.1, 0.15) is 0 Å². The van der Waals surface area contributed by atoms with E-state index in [4.69, 9.17) is 15.9 Å². The van der Waals surface area contributed by atoms with Crippen molar-refractivity contribution in [3.63, 3.8) is 0 Å². The number of esters is 1. The highest BCUT2D eigenvalue weighted by molar-refractivity contribution is 5.85. The van der Waals surface area contributed by atoms with Crippen LogP contribution in [0.2, 0.25) is 0 Å². The first-order valence-electron chi connectivity index (χ1n) is 7.86. The van der Waals surface area contributed by atoms with Gasteiger partial charge < -0.3 is 9.47 Å². The Balaban J connectivity index is 3.01. The Kier molecular flexibility index (Phi) is 7.95. The van der Waals surface area contributed by atoms with Crippen LogP contribution >= 0.6 is 0 Å². The normalized spacial score (nSPS) is 13.8. The highest BCUT2D eigenvalue weighted by atomic mass is 16.6. The molecule has 0 heterocycles. The zero-order chi connectivity index (χ0) is 17.1. The van der Waals surface area contributed by atoms with Crippen LogP contribution in [-0.4, -0.2) is 19.2 Å². The molecule has 0 aliphatic carbocycles. The minimum absolute atomic E-state index is 0.564. The van der Waals surface area contributed by atoms with Crippen LogP contribution < -0.4 is 0 Å². The van der Waals surface area contributed by atoms with Gasteiger partial charge in [0.25, 0.3) is 5.60 Å². The van der Waals surface area contributed by atoms with E-state index >= 15 is 0 Å². The lowest BCUT2D eigenvalue weighted by Gasteiger charge is -2.26. The van der Waals surface area contributed by atoms with Gasteiger partial charge in [-0.05, 0) is 19.8 Å². The van der Waals surface area contributed by atoms with E-state index in [9.17, 15) is 4.79 Å². The molecular formula is C20H24O3. The second kappa shape index (κ2) is 9.72. The van der Waals surface area contributed by atoms with Crippen molar-refractivity contribution in [2.45, 2.75) is 51.2 Å². The van der Waals surface area contributed by atoms with Crippen molar-refractivity contribution in [2.75, 3.05) is 7.11 Å². The predicted molar refractivity (Wildman–Crippen MR) is 91.4 cm³/mol. The van der Waals surface area contributed by atoms with Gasteiger partial charge in [-0.3, -0.25) is 0 Å². The van der Waals surface area contributed by atoms with E-state index in [-0.39, 0.29) is 0 Å². The van der Waals surface area contributed by atoms with Crippen molar-refractivity contribution in [2.24, 2.45) is 0 Å². The minimum atomic E-state index is -1.45.